The Morgan fingerprint density at radius 1 is 1.38 bits per heavy atom. The molecular weight excluding hydrogens is 279 g/mol. The van der Waals surface area contributed by atoms with E-state index in [-0.39, 0.29) is 5.97 Å². The topological polar surface area (TPSA) is 26.3 Å². The van der Waals surface area contributed by atoms with Gasteiger partial charge in [-0.3, -0.25) is 0 Å². The number of halogens is 1. The van der Waals surface area contributed by atoms with Crippen molar-refractivity contribution in [3.63, 3.8) is 0 Å². The number of carbonyl (C=O) groups is 1. The minimum atomic E-state index is -0.282. The van der Waals surface area contributed by atoms with Gasteiger partial charge in [0.2, 0.25) is 0 Å². The van der Waals surface area contributed by atoms with E-state index in [2.05, 4.69) is 22.6 Å². The van der Waals surface area contributed by atoms with Crippen LogP contribution in [0, 0.1) is 0 Å². The third-order valence-corrected chi connectivity index (χ3v) is 1.92. The summed E-state index contributed by atoms with van der Waals surface area (Å²) >= 11 is 2.08. The third kappa shape index (κ3) is 3.59. The van der Waals surface area contributed by atoms with Gasteiger partial charge < -0.3 is 4.74 Å². The molecule has 0 aliphatic carbocycles. The van der Waals surface area contributed by atoms with Crippen molar-refractivity contribution in [1.82, 2.24) is 0 Å². The van der Waals surface area contributed by atoms with E-state index < -0.39 is 0 Å². The van der Waals surface area contributed by atoms with Crippen LogP contribution in [0.2, 0.25) is 0 Å². The first-order chi connectivity index (χ1) is 6.34. The fourth-order valence-electron chi connectivity index (χ4n) is 0.818. The van der Waals surface area contributed by atoms with E-state index in [1.54, 1.807) is 18.2 Å². The van der Waals surface area contributed by atoms with E-state index in [0.717, 1.165) is 0 Å². The zero-order valence-electron chi connectivity index (χ0n) is 6.94. The molecule has 0 fully saturated rings. The first-order valence-electron chi connectivity index (χ1n) is 3.82. The lowest BCUT2D eigenvalue weighted by Crippen LogP contribution is -2.04. The van der Waals surface area contributed by atoms with E-state index in [1.807, 2.05) is 22.3 Å². The van der Waals surface area contributed by atoms with E-state index >= 15 is 0 Å². The molecular formula is C10H9IO2. The molecule has 1 aromatic carbocycles. The van der Waals surface area contributed by atoms with Gasteiger partial charge in [0.1, 0.15) is 6.61 Å². The van der Waals surface area contributed by atoms with E-state index in [1.165, 1.54) is 0 Å². The number of esters is 1. The van der Waals surface area contributed by atoms with Gasteiger partial charge in [0.05, 0.1) is 5.56 Å². The van der Waals surface area contributed by atoms with Crippen molar-refractivity contribution in [2.45, 2.75) is 0 Å². The largest absolute Gasteiger partial charge is 0.458 e. The molecule has 2 nitrogen and oxygen atoms in total. The fourth-order valence-corrected chi connectivity index (χ4v) is 1.03. The van der Waals surface area contributed by atoms with Crippen LogP contribution >= 0.6 is 22.6 Å². The van der Waals surface area contributed by atoms with Crippen molar-refractivity contribution < 1.29 is 9.53 Å². The van der Waals surface area contributed by atoms with Crippen molar-refractivity contribution in [3.8, 4) is 0 Å². The summed E-state index contributed by atoms with van der Waals surface area (Å²) in [5.41, 5.74) is 0.587. The molecule has 0 saturated heterocycles. The second kappa shape index (κ2) is 5.75. The average Bonchev–Trinajstić information content (AvgIpc) is 2.19. The standard InChI is InChI=1S/C10H9IO2/c11-7-4-8-13-10(12)9-5-2-1-3-6-9/h1-7H,8H2/b7-4+. The highest BCUT2D eigenvalue weighted by molar-refractivity contribution is 14.1. The fraction of sp³-hybridized carbons (Fsp3) is 0.100. The van der Waals surface area contributed by atoms with Gasteiger partial charge in [0, 0.05) is 0 Å². The second-order valence-corrected chi connectivity index (χ2v) is 3.05. The molecule has 0 aromatic heterocycles. The molecule has 0 aliphatic heterocycles. The van der Waals surface area contributed by atoms with Crippen molar-refractivity contribution in [3.05, 3.63) is 46.1 Å². The second-order valence-electron chi connectivity index (χ2n) is 2.33. The Balaban J connectivity index is 2.49. The molecule has 0 radical (unpaired) electrons. The molecule has 68 valence electrons. The van der Waals surface area contributed by atoms with Gasteiger partial charge in [-0.05, 0) is 22.3 Å². The number of hydrogen-bond donors (Lipinski definition) is 0. The van der Waals surface area contributed by atoms with Gasteiger partial charge in [-0.15, -0.1) is 0 Å². The molecule has 0 saturated carbocycles. The van der Waals surface area contributed by atoms with Crippen LogP contribution in [0.1, 0.15) is 10.4 Å². The molecule has 1 rings (SSSR count). The van der Waals surface area contributed by atoms with Crippen LogP contribution in [0.4, 0.5) is 0 Å². The lowest BCUT2D eigenvalue weighted by Gasteiger charge is -2.00. The van der Waals surface area contributed by atoms with Crippen molar-refractivity contribution >= 4 is 28.6 Å². The summed E-state index contributed by atoms with van der Waals surface area (Å²) in [6, 6.07) is 8.95. The molecule has 0 unspecified atom stereocenters. The van der Waals surface area contributed by atoms with E-state index in [4.69, 9.17) is 4.74 Å². The Labute approximate surface area is 90.7 Å². The van der Waals surface area contributed by atoms with Crippen LogP contribution in [-0.4, -0.2) is 12.6 Å². The van der Waals surface area contributed by atoms with Crippen LogP contribution in [0.15, 0.2) is 40.5 Å². The maximum Gasteiger partial charge on any atom is 0.338 e. The predicted octanol–water partition coefficient (Wildman–Crippen LogP) is 2.79. The number of carbonyl (C=O) groups excluding carboxylic acids is 1. The Morgan fingerprint density at radius 2 is 2.08 bits per heavy atom. The normalized spacial score (nSPS) is 10.2. The van der Waals surface area contributed by atoms with Crippen LogP contribution in [-0.2, 0) is 4.74 Å². The molecule has 0 heterocycles. The molecule has 0 amide bonds. The lowest BCUT2D eigenvalue weighted by atomic mass is 10.2. The van der Waals surface area contributed by atoms with Gasteiger partial charge >= 0.3 is 5.97 Å². The minimum absolute atomic E-state index is 0.282. The molecule has 1 aromatic rings. The monoisotopic (exact) mass is 288 g/mol. The maximum atomic E-state index is 11.3. The van der Waals surface area contributed by atoms with Gasteiger partial charge in [-0.1, -0.05) is 40.8 Å². The highest BCUT2D eigenvalue weighted by Gasteiger charge is 2.03. The molecule has 0 atom stereocenters. The van der Waals surface area contributed by atoms with Gasteiger partial charge in [0.25, 0.3) is 0 Å². The van der Waals surface area contributed by atoms with Gasteiger partial charge in [-0.2, -0.15) is 0 Å². The zero-order chi connectivity index (χ0) is 9.52. The summed E-state index contributed by atoms with van der Waals surface area (Å²) in [7, 11) is 0. The number of ether oxygens (including phenoxy) is 1. The van der Waals surface area contributed by atoms with Gasteiger partial charge in [-0.25, -0.2) is 4.79 Å². The average molecular weight is 288 g/mol. The van der Waals surface area contributed by atoms with Crippen LogP contribution in [0.25, 0.3) is 0 Å². The number of rotatable bonds is 3. The summed E-state index contributed by atoms with van der Waals surface area (Å²) in [6.07, 6.45) is 1.78. The Morgan fingerprint density at radius 3 is 2.69 bits per heavy atom. The first-order valence-corrected chi connectivity index (χ1v) is 5.06. The Hall–Kier alpha value is -0.840. The Bertz CT molecular complexity index is 293. The summed E-state index contributed by atoms with van der Waals surface area (Å²) in [5, 5.41) is 0. The maximum absolute atomic E-state index is 11.3. The van der Waals surface area contributed by atoms with Crippen LogP contribution in [0.5, 0.6) is 0 Å². The molecule has 0 aliphatic rings. The first kappa shape index (κ1) is 10.2. The molecule has 0 N–H and O–H groups in total. The van der Waals surface area contributed by atoms with Crippen LogP contribution in [0.3, 0.4) is 0 Å². The molecule has 13 heavy (non-hydrogen) atoms. The minimum Gasteiger partial charge on any atom is -0.458 e. The smallest absolute Gasteiger partial charge is 0.338 e. The van der Waals surface area contributed by atoms with Gasteiger partial charge in [0.15, 0.2) is 0 Å². The predicted molar refractivity (Wildman–Crippen MR) is 59.9 cm³/mol. The van der Waals surface area contributed by atoms with Crippen molar-refractivity contribution in [2.75, 3.05) is 6.61 Å². The highest BCUT2D eigenvalue weighted by atomic mass is 127. The van der Waals surface area contributed by atoms with E-state index in [9.17, 15) is 4.79 Å². The summed E-state index contributed by atoms with van der Waals surface area (Å²) in [4.78, 5) is 11.3. The van der Waals surface area contributed by atoms with Crippen molar-refractivity contribution in [1.29, 1.82) is 0 Å². The third-order valence-electron chi connectivity index (χ3n) is 1.41. The molecule has 3 heteroatoms. The summed E-state index contributed by atoms with van der Waals surface area (Å²) in [6.45, 7) is 0.330. The van der Waals surface area contributed by atoms with Crippen molar-refractivity contribution in [2.24, 2.45) is 0 Å². The SMILES string of the molecule is O=C(OC/C=C/I)c1ccccc1. The summed E-state index contributed by atoms with van der Waals surface area (Å²) < 4.78 is 6.75. The number of hydrogen-bond acceptors (Lipinski definition) is 2. The lowest BCUT2D eigenvalue weighted by molar-refractivity contribution is 0.0549. The number of benzene rings is 1. The van der Waals surface area contributed by atoms with E-state index in [0.29, 0.717) is 12.2 Å². The Kier molecular flexibility index (Phi) is 4.53. The zero-order valence-corrected chi connectivity index (χ0v) is 9.10. The van der Waals surface area contributed by atoms with Crippen LogP contribution < -0.4 is 0 Å². The molecule has 0 spiro atoms. The molecule has 0 bridgehead atoms. The summed E-state index contributed by atoms with van der Waals surface area (Å²) in [5.74, 6) is -0.282. The highest BCUT2D eigenvalue weighted by Crippen LogP contribution is 2.00. The quantitative estimate of drug-likeness (QED) is 0.631.